The van der Waals surface area contributed by atoms with Crippen molar-refractivity contribution >= 4 is 123 Å². The second-order valence-corrected chi connectivity index (χ2v) is 25.9. The van der Waals surface area contributed by atoms with Crippen molar-refractivity contribution in [3.8, 4) is 5.75 Å². The number of aromatic carboxylic acids is 1. The number of rotatable bonds is 37. The molecular weight excluding hydrogens is 1300 g/mol. The van der Waals surface area contributed by atoms with Crippen molar-refractivity contribution in [3.05, 3.63) is 171 Å². The van der Waals surface area contributed by atoms with Crippen molar-refractivity contribution in [1.29, 1.82) is 0 Å². The van der Waals surface area contributed by atoms with Crippen LogP contribution in [0.1, 0.15) is 58.3 Å². The third-order valence-electron chi connectivity index (χ3n) is 15.7. The largest absolute Gasteiger partial charge is 0.508 e. The number of nitrogens with one attached hydrogen (secondary N) is 2. The quantitative estimate of drug-likeness (QED) is 0.0234. The predicted molar refractivity (Wildman–Crippen MR) is 352 cm³/mol. The molecule has 6 N–H and O–H groups in total. The van der Waals surface area contributed by atoms with Crippen LogP contribution in [0.25, 0.3) is 11.1 Å². The fraction of sp³-hybridized carbons (Fsp3) is 0.358. The number of carbonyl (C=O) groups is 9. The van der Waals surface area contributed by atoms with E-state index in [1.54, 1.807) is 66.8 Å². The van der Waals surface area contributed by atoms with Gasteiger partial charge in [0, 0.05) is 98.4 Å². The molecule has 2 aliphatic heterocycles. The lowest BCUT2D eigenvalue weighted by Crippen LogP contribution is -2.45. The van der Waals surface area contributed by atoms with Crippen LogP contribution in [0, 0.1) is 11.8 Å². The van der Waals surface area contributed by atoms with Gasteiger partial charge in [-0.15, -0.1) is 0 Å². The van der Waals surface area contributed by atoms with Crippen molar-refractivity contribution < 1.29 is 101 Å². The highest BCUT2D eigenvalue weighted by Gasteiger charge is 2.40. The Labute approximate surface area is 558 Å². The van der Waals surface area contributed by atoms with Gasteiger partial charge < -0.3 is 69.0 Å². The minimum atomic E-state index is -1.21. The molecule has 23 nitrogen and oxygen atoms in total. The Morgan fingerprint density at radius 3 is 1.61 bits per heavy atom. The fourth-order valence-electron chi connectivity index (χ4n) is 11.1. The summed E-state index contributed by atoms with van der Waals surface area (Å²) in [5, 5.41) is 45.4. The van der Waals surface area contributed by atoms with Crippen molar-refractivity contribution in [2.45, 2.75) is 73.3 Å². The maximum absolute atomic E-state index is 12.8. The van der Waals surface area contributed by atoms with Gasteiger partial charge >= 0.3 is 17.9 Å². The molecule has 8 unspecified atom stereocenters. The second kappa shape index (κ2) is 33.6. The first-order chi connectivity index (χ1) is 45.3. The van der Waals surface area contributed by atoms with Gasteiger partial charge in [0.05, 0.1) is 70.3 Å². The zero-order valence-corrected chi connectivity index (χ0v) is 53.6. The van der Waals surface area contributed by atoms with Gasteiger partial charge in [-0.25, -0.2) is 14.4 Å². The van der Waals surface area contributed by atoms with E-state index in [9.17, 15) is 63.6 Å². The standard InChI is InChI=1S/C67H66N2O21S4/c70-35-87-42-6-12-50-58(30-42)90-57-29-41(74)5-11-49(57)64(50)46-8-2-38(26-54(46)88-36-71)24-44(92)32-86-22-20-84-18-16-62(76)69-53(67(81)82)34-94-60-14-13-59(60)93-33-52(66(79)80)68-61(75)15-17-83-19-21-85-31-43(91)23-37-1-7-45(51(25-37)65(77)78)63-47-9-3-39(72)27-55(47)89-56-28-40(73)4-10-48(56)63/h1-12,25-30,35-36,47,49,52-53,56,58-60,73H,13-24,31-34H2,(H,68,75)(H,69,76)(H,77,78)(H,79,80)(H,81,82). The molecule has 0 aromatic heterocycles. The van der Waals surface area contributed by atoms with Crippen molar-refractivity contribution in [2.75, 3.05) is 64.4 Å². The molecule has 7 aliphatic rings. The second-order valence-electron chi connectivity index (χ2n) is 22.2. The van der Waals surface area contributed by atoms with E-state index in [1.165, 1.54) is 60.0 Å². The van der Waals surface area contributed by atoms with Gasteiger partial charge in [-0.3, -0.25) is 28.8 Å². The number of allylic oxidation sites excluding steroid dienone is 8. The number of amides is 2. The zero-order valence-electron chi connectivity index (χ0n) is 50.3. The number of carboxylic acids is 3. The lowest BCUT2D eigenvalue weighted by Gasteiger charge is -2.36. The Hall–Kier alpha value is -8.41. The number of ether oxygens (including phenoxy) is 8. The Bertz CT molecular complexity index is 3690. The van der Waals surface area contributed by atoms with Crippen LogP contribution in [0.3, 0.4) is 0 Å². The van der Waals surface area contributed by atoms with Gasteiger partial charge in [-0.05, 0) is 77.1 Å². The number of thioether (sulfide) groups is 2. The number of carbonyl (C=O) groups excluding carboxylic acids is 6. The number of aliphatic hydroxyl groups excluding tert-OH is 1. The number of fused-ring (bicyclic) bond motifs is 4. The van der Waals surface area contributed by atoms with Gasteiger partial charge in [-0.1, -0.05) is 73.0 Å². The Kier molecular flexibility index (Phi) is 25.0. The number of carboxylic acid groups (broad SMARTS) is 3. The van der Waals surface area contributed by atoms with Crippen LogP contribution >= 0.6 is 48.0 Å². The van der Waals surface area contributed by atoms with Crippen LogP contribution in [0.5, 0.6) is 5.75 Å². The fourth-order valence-corrected chi connectivity index (χ4v) is 14.7. The van der Waals surface area contributed by atoms with E-state index in [4.69, 9.17) is 62.3 Å². The molecular formula is C67H66N2O21S4. The van der Waals surface area contributed by atoms with Gasteiger partial charge in [0.2, 0.25) is 11.8 Å². The highest BCUT2D eigenvalue weighted by molar-refractivity contribution is 8.04. The molecule has 2 heterocycles. The number of benzene rings is 2. The molecule has 27 heteroatoms. The van der Waals surface area contributed by atoms with Crippen molar-refractivity contribution in [1.82, 2.24) is 10.6 Å². The molecule has 0 bridgehead atoms. The van der Waals surface area contributed by atoms with Gasteiger partial charge in [0.1, 0.15) is 53.1 Å². The SMILES string of the molecule is O=COC1=CC2OC3=CC(=O)C=CC3C(c3ccc(CC(=S)COCCOCCC(=O)NC(CSC4CCC4SCC(NC(=O)CCOCCOCC(=S)Cc4ccc(C5=C6C=CC(O)=CC6OC6=CC(=O)C=CC65)c(C(=O)O)c4)C(=O)O)C(=O)O)cc3OC=O)=C2C=C1. The molecule has 1 fully saturated rings. The minimum Gasteiger partial charge on any atom is -0.508 e. The highest BCUT2D eigenvalue weighted by atomic mass is 32.2. The number of ketones is 2. The maximum atomic E-state index is 12.8. The summed E-state index contributed by atoms with van der Waals surface area (Å²) in [6.07, 6.45) is 19.1. The summed E-state index contributed by atoms with van der Waals surface area (Å²) < 4.78 is 45.2. The summed E-state index contributed by atoms with van der Waals surface area (Å²) >= 11 is 13.9. The summed E-state index contributed by atoms with van der Waals surface area (Å²) in [4.78, 5) is 111. The van der Waals surface area contributed by atoms with E-state index < -0.39 is 65.8 Å². The Morgan fingerprint density at radius 1 is 0.606 bits per heavy atom. The summed E-state index contributed by atoms with van der Waals surface area (Å²) in [5.41, 5.74) is 5.14. The molecule has 8 atom stereocenters. The topological polar surface area (TPSA) is 332 Å². The Balaban J connectivity index is 0.620. The van der Waals surface area contributed by atoms with Gasteiger partial charge in [0.25, 0.3) is 12.9 Å². The molecule has 9 rings (SSSR count). The Morgan fingerprint density at radius 2 is 1.10 bits per heavy atom. The third-order valence-corrected chi connectivity index (χ3v) is 19.4. The number of hydrogen-bond donors (Lipinski definition) is 6. The maximum Gasteiger partial charge on any atom is 0.336 e. The number of hydrogen-bond acceptors (Lipinski definition) is 22. The number of thiocarbonyl (C=S) groups is 2. The average molecular weight is 1360 g/mol. The number of aliphatic carboxylic acids is 2. The van der Waals surface area contributed by atoms with E-state index in [0.717, 1.165) is 24.0 Å². The first-order valence-electron chi connectivity index (χ1n) is 29.9. The molecule has 2 amide bonds. The predicted octanol–water partition coefficient (Wildman–Crippen LogP) is 6.65. The average Bonchev–Trinajstić information content (AvgIpc) is 0.757. The van der Waals surface area contributed by atoms with Crippen molar-refractivity contribution in [3.63, 3.8) is 0 Å². The monoisotopic (exact) mass is 1360 g/mol. The number of aliphatic hydroxyl groups is 1. The van der Waals surface area contributed by atoms with Crippen LogP contribution in [-0.4, -0.2) is 184 Å². The smallest absolute Gasteiger partial charge is 0.336 e. The van der Waals surface area contributed by atoms with Crippen molar-refractivity contribution in [2.24, 2.45) is 11.8 Å². The lowest BCUT2D eigenvalue weighted by atomic mass is 9.78. The van der Waals surface area contributed by atoms with E-state index >= 15 is 0 Å². The first-order valence-corrected chi connectivity index (χ1v) is 32.8. The van der Waals surface area contributed by atoms with Crippen LogP contribution in [0.2, 0.25) is 0 Å². The summed E-state index contributed by atoms with van der Waals surface area (Å²) in [5.74, 6) is -4.75. The first kappa shape index (κ1) is 69.9. The van der Waals surface area contributed by atoms with Crippen LogP contribution in [0.4, 0.5) is 0 Å². The molecule has 0 radical (unpaired) electrons. The van der Waals surface area contributed by atoms with E-state index in [0.29, 0.717) is 74.0 Å². The summed E-state index contributed by atoms with van der Waals surface area (Å²) in [6.45, 7) is 1.29. The summed E-state index contributed by atoms with van der Waals surface area (Å²) in [6, 6.07) is 7.99. The minimum absolute atomic E-state index is 0.00317. The van der Waals surface area contributed by atoms with E-state index in [1.807, 2.05) is 6.07 Å². The zero-order chi connectivity index (χ0) is 66.8. The van der Waals surface area contributed by atoms with Crippen LogP contribution in [0.15, 0.2) is 143 Å². The normalized spacial score (nSPS) is 21.1. The van der Waals surface area contributed by atoms with Gasteiger partial charge in [0.15, 0.2) is 11.6 Å². The van der Waals surface area contributed by atoms with Gasteiger partial charge in [-0.2, -0.15) is 23.5 Å². The third kappa shape index (κ3) is 18.7. The van der Waals surface area contributed by atoms with Crippen LogP contribution in [-0.2, 0) is 84.4 Å². The molecule has 94 heavy (non-hydrogen) atoms. The summed E-state index contributed by atoms with van der Waals surface area (Å²) in [7, 11) is 0. The molecule has 0 saturated heterocycles. The molecule has 5 aliphatic carbocycles. The van der Waals surface area contributed by atoms with E-state index in [2.05, 4.69) is 10.6 Å². The lowest BCUT2D eigenvalue weighted by molar-refractivity contribution is -0.141. The molecule has 0 spiro atoms. The molecule has 1 saturated carbocycles. The molecule has 2 aromatic carbocycles. The highest BCUT2D eigenvalue weighted by Crippen LogP contribution is 2.48. The van der Waals surface area contributed by atoms with Crippen LogP contribution < -0.4 is 15.4 Å². The molecule has 2 aromatic rings. The van der Waals surface area contributed by atoms with E-state index in [-0.39, 0.29) is 129 Å². The molecule has 494 valence electrons.